The predicted molar refractivity (Wildman–Crippen MR) is 237 cm³/mol. The summed E-state index contributed by atoms with van der Waals surface area (Å²) in [6.07, 6.45) is 0. The molecule has 0 aliphatic carbocycles. The Hall–Kier alpha value is -6.58. The van der Waals surface area contributed by atoms with Crippen LogP contribution in [0.3, 0.4) is 0 Å². The fourth-order valence-electron chi connectivity index (χ4n) is 10.0. The molecular formula is C52H37BN2. The zero-order valence-electron chi connectivity index (χ0n) is 31.1. The predicted octanol–water partition coefficient (Wildman–Crippen LogP) is 11.8. The fraction of sp³-hybridized carbons (Fsp3) is 0.0769. The van der Waals surface area contributed by atoms with E-state index in [-0.39, 0.29) is 12.1 Å². The van der Waals surface area contributed by atoms with E-state index in [0.717, 1.165) is 0 Å². The third kappa shape index (κ3) is 4.21. The molecule has 0 radical (unpaired) electrons. The Bertz CT molecular complexity index is 3260. The van der Waals surface area contributed by atoms with Gasteiger partial charge in [-0.1, -0.05) is 148 Å². The Labute approximate surface area is 321 Å². The zero-order chi connectivity index (χ0) is 36.6. The van der Waals surface area contributed by atoms with E-state index < -0.39 is 0 Å². The molecule has 0 N–H and O–H groups in total. The van der Waals surface area contributed by atoms with Gasteiger partial charge in [-0.25, -0.2) is 0 Å². The Morgan fingerprint density at radius 3 is 2.00 bits per heavy atom. The lowest BCUT2D eigenvalue weighted by Gasteiger charge is -2.42. The van der Waals surface area contributed by atoms with Crippen molar-refractivity contribution in [3.05, 3.63) is 175 Å². The first-order chi connectivity index (χ1) is 26.9. The van der Waals surface area contributed by atoms with Crippen molar-refractivity contribution in [3.63, 3.8) is 0 Å². The number of para-hydroxylation sites is 2. The van der Waals surface area contributed by atoms with Crippen molar-refractivity contribution in [2.24, 2.45) is 0 Å². The summed E-state index contributed by atoms with van der Waals surface area (Å²) in [5, 5.41) is 10.4. The number of benzene rings is 9. The van der Waals surface area contributed by atoms with Crippen LogP contribution >= 0.6 is 0 Å². The third-order valence-electron chi connectivity index (χ3n) is 12.4. The SMILES string of the molecule is CC(C)(C)c1cc2c3c(c1)N(c1ccc4ccccc4c1)c1ccc4ccccc4c1B3c1cccc3cc4c(c-2c13)c1ccccc1n4-c1ccccc1. The Morgan fingerprint density at radius 2 is 1.16 bits per heavy atom. The van der Waals surface area contributed by atoms with Gasteiger partial charge < -0.3 is 9.47 Å². The molecule has 2 nitrogen and oxygen atoms in total. The van der Waals surface area contributed by atoms with Crippen LogP contribution < -0.4 is 21.3 Å². The zero-order valence-corrected chi connectivity index (χ0v) is 31.1. The second-order valence-corrected chi connectivity index (χ2v) is 16.5. The van der Waals surface area contributed by atoms with Gasteiger partial charge in [0.15, 0.2) is 0 Å². The minimum atomic E-state index is -0.0816. The van der Waals surface area contributed by atoms with Gasteiger partial charge >= 0.3 is 0 Å². The molecule has 0 bridgehead atoms. The van der Waals surface area contributed by atoms with Crippen LogP contribution in [-0.4, -0.2) is 11.3 Å². The van der Waals surface area contributed by atoms with Crippen LogP contribution in [0.1, 0.15) is 26.3 Å². The highest BCUT2D eigenvalue weighted by atomic mass is 15.2. The van der Waals surface area contributed by atoms with E-state index in [1.54, 1.807) is 0 Å². The largest absolute Gasteiger partial charge is 0.311 e. The molecule has 10 aromatic rings. The van der Waals surface area contributed by atoms with Gasteiger partial charge in [0.1, 0.15) is 0 Å². The Morgan fingerprint density at radius 1 is 0.455 bits per heavy atom. The minimum absolute atomic E-state index is 0.0629. The molecule has 3 heteroatoms. The molecule has 9 aromatic carbocycles. The van der Waals surface area contributed by atoms with Gasteiger partial charge in [-0.2, -0.15) is 0 Å². The molecule has 1 aromatic heterocycles. The maximum Gasteiger partial charge on any atom is 0.249 e. The van der Waals surface area contributed by atoms with E-state index >= 15 is 0 Å². The van der Waals surface area contributed by atoms with Crippen molar-refractivity contribution in [1.29, 1.82) is 0 Å². The van der Waals surface area contributed by atoms with E-state index in [1.807, 2.05) is 0 Å². The molecule has 0 unspecified atom stereocenters. The number of hydrogen-bond donors (Lipinski definition) is 0. The second kappa shape index (κ2) is 11.0. The van der Waals surface area contributed by atoms with Gasteiger partial charge in [-0.15, -0.1) is 0 Å². The van der Waals surface area contributed by atoms with Crippen molar-refractivity contribution in [2.45, 2.75) is 26.2 Å². The van der Waals surface area contributed by atoms with E-state index in [9.17, 15) is 0 Å². The van der Waals surface area contributed by atoms with Gasteiger partial charge in [-0.3, -0.25) is 0 Å². The number of fused-ring (bicyclic) bond motifs is 11. The first kappa shape index (κ1) is 30.8. The maximum absolute atomic E-state index is 2.58. The second-order valence-electron chi connectivity index (χ2n) is 16.5. The molecule has 3 heterocycles. The highest BCUT2D eigenvalue weighted by molar-refractivity contribution is 7.02. The van der Waals surface area contributed by atoms with E-state index in [4.69, 9.17) is 0 Å². The van der Waals surface area contributed by atoms with Crippen LogP contribution in [-0.2, 0) is 5.41 Å². The minimum Gasteiger partial charge on any atom is -0.311 e. The Kier molecular flexibility index (Phi) is 6.16. The van der Waals surface area contributed by atoms with Crippen molar-refractivity contribution in [1.82, 2.24) is 4.57 Å². The number of aromatic nitrogens is 1. The lowest BCUT2D eigenvalue weighted by Crippen LogP contribution is -2.59. The lowest BCUT2D eigenvalue weighted by molar-refractivity contribution is 0.591. The molecular weight excluding hydrogens is 663 g/mol. The molecule has 2 aliphatic rings. The Balaban J connectivity index is 1.30. The van der Waals surface area contributed by atoms with Crippen LogP contribution in [0.2, 0.25) is 0 Å². The summed E-state index contributed by atoms with van der Waals surface area (Å²) in [7, 11) is 0. The summed E-state index contributed by atoms with van der Waals surface area (Å²) in [5.41, 5.74) is 15.5. The normalized spacial score (nSPS) is 13.3. The maximum atomic E-state index is 2.58. The van der Waals surface area contributed by atoms with E-state index in [1.165, 1.54) is 110 Å². The summed E-state index contributed by atoms with van der Waals surface area (Å²) in [5.74, 6) is 0. The number of nitrogens with zero attached hydrogens (tertiary/aromatic N) is 2. The van der Waals surface area contributed by atoms with Crippen molar-refractivity contribution < 1.29 is 0 Å². The molecule has 0 saturated heterocycles. The lowest BCUT2D eigenvalue weighted by atomic mass is 9.31. The molecule has 0 atom stereocenters. The van der Waals surface area contributed by atoms with Gasteiger partial charge in [0.2, 0.25) is 6.71 Å². The smallest absolute Gasteiger partial charge is 0.249 e. The number of hydrogen-bond acceptors (Lipinski definition) is 1. The average molecular weight is 701 g/mol. The average Bonchev–Trinajstić information content (AvgIpc) is 3.55. The molecule has 258 valence electrons. The highest BCUT2D eigenvalue weighted by Crippen LogP contribution is 2.49. The van der Waals surface area contributed by atoms with Crippen LogP contribution in [0.5, 0.6) is 0 Å². The topological polar surface area (TPSA) is 8.17 Å². The van der Waals surface area contributed by atoms with Gasteiger partial charge in [0, 0.05) is 33.5 Å². The van der Waals surface area contributed by atoms with Crippen LogP contribution in [0.15, 0.2) is 170 Å². The van der Waals surface area contributed by atoms with E-state index in [0.29, 0.717) is 0 Å². The molecule has 55 heavy (non-hydrogen) atoms. The monoisotopic (exact) mass is 700 g/mol. The first-order valence-corrected chi connectivity index (χ1v) is 19.5. The highest BCUT2D eigenvalue weighted by Gasteiger charge is 2.43. The molecule has 0 amide bonds. The van der Waals surface area contributed by atoms with Crippen LogP contribution in [0.4, 0.5) is 17.1 Å². The quantitative estimate of drug-likeness (QED) is 0.163. The standard InChI is InChI=1S/C52H37BN2/c1-52(2,3)36-30-41-49-47-35(29-45-48(49)40-21-11-12-23-43(40)54(45)37-18-5-4-6-19-37)17-13-22-42(47)53-50-39-20-10-9-15-33(39)25-27-44(50)55(46(31-36)51(41)53)38-26-24-32-14-7-8-16-34(32)28-38/h4-31H,1-3H3. The van der Waals surface area contributed by atoms with Gasteiger partial charge in [0.05, 0.1) is 11.0 Å². The molecule has 0 fully saturated rings. The third-order valence-corrected chi connectivity index (χ3v) is 12.4. The van der Waals surface area contributed by atoms with E-state index in [2.05, 4.69) is 200 Å². The van der Waals surface area contributed by atoms with Gasteiger partial charge in [-0.05, 0) is 114 Å². The molecule has 12 rings (SSSR count). The van der Waals surface area contributed by atoms with Crippen LogP contribution in [0.25, 0.3) is 70.9 Å². The molecule has 0 spiro atoms. The van der Waals surface area contributed by atoms with Crippen LogP contribution in [0, 0.1) is 0 Å². The summed E-state index contributed by atoms with van der Waals surface area (Å²) in [4.78, 5) is 2.58. The fourth-order valence-corrected chi connectivity index (χ4v) is 10.0. The number of rotatable bonds is 2. The summed E-state index contributed by atoms with van der Waals surface area (Å²) >= 11 is 0. The van der Waals surface area contributed by atoms with Crippen molar-refractivity contribution in [3.8, 4) is 16.8 Å². The van der Waals surface area contributed by atoms with Crippen molar-refractivity contribution in [2.75, 3.05) is 4.90 Å². The first-order valence-electron chi connectivity index (χ1n) is 19.5. The summed E-state index contributed by atoms with van der Waals surface area (Å²) in [6, 6.07) is 63.9. The number of anilines is 3. The summed E-state index contributed by atoms with van der Waals surface area (Å²) < 4.78 is 2.48. The van der Waals surface area contributed by atoms with Gasteiger partial charge in [0.25, 0.3) is 0 Å². The molecule has 2 aliphatic heterocycles. The summed E-state index contributed by atoms with van der Waals surface area (Å²) in [6.45, 7) is 7.14. The van der Waals surface area contributed by atoms with Crippen molar-refractivity contribution >= 4 is 94.3 Å². The molecule has 0 saturated carbocycles.